The Kier molecular flexibility index (Phi) is 5.09. The molecule has 1 aliphatic heterocycles. The second kappa shape index (κ2) is 7.42. The second-order valence-electron chi connectivity index (χ2n) is 6.09. The van der Waals surface area contributed by atoms with Gasteiger partial charge >= 0.3 is 5.97 Å². The standard InChI is InChI=1S/C20H23NO2/c1-23-20(22)19-11-3-2-10-18(19)16-8-6-7-15(13-16)14-17-9-4-5-12-21-17/h2-3,6-8,10-11,13,17,21H,4-5,9,12,14H2,1H3. The molecular weight excluding hydrogens is 286 g/mol. The lowest BCUT2D eigenvalue weighted by Crippen LogP contribution is -2.35. The molecular formula is C20H23NO2. The minimum absolute atomic E-state index is 0.292. The smallest absolute Gasteiger partial charge is 0.338 e. The van der Waals surface area contributed by atoms with Crippen molar-refractivity contribution in [2.45, 2.75) is 31.7 Å². The summed E-state index contributed by atoms with van der Waals surface area (Å²) in [5, 5.41) is 3.59. The second-order valence-corrected chi connectivity index (χ2v) is 6.09. The van der Waals surface area contributed by atoms with Crippen molar-refractivity contribution >= 4 is 5.97 Å². The van der Waals surface area contributed by atoms with Gasteiger partial charge in [-0.2, -0.15) is 0 Å². The molecule has 1 atom stereocenters. The van der Waals surface area contributed by atoms with E-state index in [4.69, 9.17) is 4.74 Å². The van der Waals surface area contributed by atoms with Gasteiger partial charge in [-0.15, -0.1) is 0 Å². The van der Waals surface area contributed by atoms with Crippen molar-refractivity contribution in [3.8, 4) is 11.1 Å². The molecule has 1 N–H and O–H groups in total. The summed E-state index contributed by atoms with van der Waals surface area (Å²) >= 11 is 0. The van der Waals surface area contributed by atoms with Gasteiger partial charge in [0.15, 0.2) is 0 Å². The number of rotatable bonds is 4. The largest absolute Gasteiger partial charge is 0.465 e. The van der Waals surface area contributed by atoms with Gasteiger partial charge in [0, 0.05) is 6.04 Å². The number of carbonyl (C=O) groups excluding carboxylic acids is 1. The first-order valence-corrected chi connectivity index (χ1v) is 8.28. The first-order chi connectivity index (χ1) is 11.3. The van der Waals surface area contributed by atoms with Crippen molar-refractivity contribution < 1.29 is 9.53 Å². The lowest BCUT2D eigenvalue weighted by Gasteiger charge is -2.23. The number of hydrogen-bond acceptors (Lipinski definition) is 3. The van der Waals surface area contributed by atoms with E-state index in [-0.39, 0.29) is 5.97 Å². The third-order valence-corrected chi connectivity index (χ3v) is 4.46. The number of esters is 1. The lowest BCUT2D eigenvalue weighted by molar-refractivity contribution is 0.0601. The van der Waals surface area contributed by atoms with Crippen LogP contribution in [0.3, 0.4) is 0 Å². The van der Waals surface area contributed by atoms with Gasteiger partial charge in [0.05, 0.1) is 12.7 Å². The summed E-state index contributed by atoms with van der Waals surface area (Å²) < 4.78 is 4.90. The quantitative estimate of drug-likeness (QED) is 0.873. The molecule has 0 aliphatic carbocycles. The third kappa shape index (κ3) is 3.80. The van der Waals surface area contributed by atoms with E-state index in [9.17, 15) is 4.79 Å². The maximum absolute atomic E-state index is 12.0. The molecule has 1 fully saturated rings. The van der Waals surface area contributed by atoms with Gasteiger partial charge in [0.1, 0.15) is 0 Å². The number of carbonyl (C=O) groups is 1. The maximum Gasteiger partial charge on any atom is 0.338 e. The van der Waals surface area contributed by atoms with E-state index in [1.165, 1.54) is 31.9 Å². The molecule has 0 spiro atoms. The predicted octanol–water partition coefficient (Wildman–Crippen LogP) is 3.82. The van der Waals surface area contributed by atoms with Crippen LogP contribution in [0.4, 0.5) is 0 Å². The summed E-state index contributed by atoms with van der Waals surface area (Å²) in [6, 6.07) is 16.7. The molecule has 2 aromatic rings. The normalized spacial score (nSPS) is 17.7. The molecule has 0 aromatic heterocycles. The van der Waals surface area contributed by atoms with Gasteiger partial charge in [-0.05, 0) is 48.6 Å². The van der Waals surface area contributed by atoms with E-state index in [1.807, 2.05) is 24.3 Å². The predicted molar refractivity (Wildman–Crippen MR) is 92.6 cm³/mol. The number of nitrogens with one attached hydrogen (secondary N) is 1. The van der Waals surface area contributed by atoms with Crippen molar-refractivity contribution in [2.75, 3.05) is 13.7 Å². The fourth-order valence-corrected chi connectivity index (χ4v) is 3.27. The molecule has 0 radical (unpaired) electrons. The van der Waals surface area contributed by atoms with E-state index in [2.05, 4.69) is 29.6 Å². The van der Waals surface area contributed by atoms with E-state index in [0.717, 1.165) is 24.1 Å². The van der Waals surface area contributed by atoms with E-state index >= 15 is 0 Å². The highest BCUT2D eigenvalue weighted by Gasteiger charge is 2.15. The van der Waals surface area contributed by atoms with Crippen LogP contribution < -0.4 is 5.32 Å². The minimum atomic E-state index is -0.292. The number of benzene rings is 2. The zero-order valence-corrected chi connectivity index (χ0v) is 13.5. The first-order valence-electron chi connectivity index (χ1n) is 8.28. The topological polar surface area (TPSA) is 38.3 Å². The molecule has 120 valence electrons. The number of piperidine rings is 1. The van der Waals surface area contributed by atoms with E-state index < -0.39 is 0 Å². The molecule has 0 bridgehead atoms. The van der Waals surface area contributed by atoms with Crippen molar-refractivity contribution in [1.29, 1.82) is 0 Å². The van der Waals surface area contributed by atoms with E-state index in [1.54, 1.807) is 0 Å². The van der Waals surface area contributed by atoms with Crippen LogP contribution in [0.2, 0.25) is 0 Å². The molecule has 23 heavy (non-hydrogen) atoms. The minimum Gasteiger partial charge on any atom is -0.465 e. The molecule has 3 heteroatoms. The van der Waals surface area contributed by atoms with Crippen LogP contribution in [0, 0.1) is 0 Å². The fraction of sp³-hybridized carbons (Fsp3) is 0.350. The van der Waals surface area contributed by atoms with Gasteiger partial charge in [-0.25, -0.2) is 4.79 Å². The Morgan fingerprint density at radius 1 is 1.17 bits per heavy atom. The first kappa shape index (κ1) is 15.8. The fourth-order valence-electron chi connectivity index (χ4n) is 3.27. The van der Waals surface area contributed by atoms with Crippen LogP contribution >= 0.6 is 0 Å². The number of hydrogen-bond donors (Lipinski definition) is 1. The summed E-state index contributed by atoms with van der Waals surface area (Å²) in [6.45, 7) is 1.12. The maximum atomic E-state index is 12.0. The van der Waals surface area contributed by atoms with Gasteiger partial charge < -0.3 is 10.1 Å². The Morgan fingerprint density at radius 3 is 2.83 bits per heavy atom. The Bertz CT molecular complexity index is 675. The number of ether oxygens (including phenoxy) is 1. The Labute approximate surface area is 137 Å². The zero-order valence-electron chi connectivity index (χ0n) is 13.5. The highest BCUT2D eigenvalue weighted by atomic mass is 16.5. The van der Waals surface area contributed by atoms with Gasteiger partial charge in [0.2, 0.25) is 0 Å². The Balaban J connectivity index is 1.86. The molecule has 0 amide bonds. The molecule has 1 unspecified atom stereocenters. The summed E-state index contributed by atoms with van der Waals surface area (Å²) in [6.07, 6.45) is 4.86. The summed E-state index contributed by atoms with van der Waals surface area (Å²) in [5.41, 5.74) is 3.92. The van der Waals surface area contributed by atoms with Gasteiger partial charge in [-0.1, -0.05) is 48.9 Å². The lowest BCUT2D eigenvalue weighted by atomic mass is 9.94. The monoisotopic (exact) mass is 309 g/mol. The Morgan fingerprint density at radius 2 is 2.04 bits per heavy atom. The van der Waals surface area contributed by atoms with Crippen LogP contribution in [0.5, 0.6) is 0 Å². The SMILES string of the molecule is COC(=O)c1ccccc1-c1cccc(CC2CCCCN2)c1. The van der Waals surface area contributed by atoms with Crippen molar-refractivity contribution in [3.05, 3.63) is 59.7 Å². The molecule has 1 saturated heterocycles. The zero-order chi connectivity index (χ0) is 16.1. The molecule has 0 saturated carbocycles. The molecule has 1 aliphatic rings. The van der Waals surface area contributed by atoms with Crippen LogP contribution in [-0.4, -0.2) is 25.7 Å². The molecule has 3 nitrogen and oxygen atoms in total. The van der Waals surface area contributed by atoms with Crippen LogP contribution in [0.1, 0.15) is 35.2 Å². The van der Waals surface area contributed by atoms with E-state index in [0.29, 0.717) is 11.6 Å². The van der Waals surface area contributed by atoms with Crippen LogP contribution in [0.15, 0.2) is 48.5 Å². The Hall–Kier alpha value is -2.13. The summed E-state index contributed by atoms with van der Waals surface area (Å²) in [4.78, 5) is 12.0. The van der Waals surface area contributed by atoms with Crippen molar-refractivity contribution in [1.82, 2.24) is 5.32 Å². The molecule has 3 rings (SSSR count). The number of methoxy groups -OCH3 is 1. The van der Waals surface area contributed by atoms with Gasteiger partial charge in [0.25, 0.3) is 0 Å². The van der Waals surface area contributed by atoms with Crippen molar-refractivity contribution in [3.63, 3.8) is 0 Å². The summed E-state index contributed by atoms with van der Waals surface area (Å²) in [7, 11) is 1.42. The van der Waals surface area contributed by atoms with Crippen molar-refractivity contribution in [2.24, 2.45) is 0 Å². The molecule has 2 aromatic carbocycles. The van der Waals surface area contributed by atoms with Crippen LogP contribution in [-0.2, 0) is 11.2 Å². The van der Waals surface area contributed by atoms with Gasteiger partial charge in [-0.3, -0.25) is 0 Å². The highest BCUT2D eigenvalue weighted by molar-refractivity contribution is 5.97. The highest BCUT2D eigenvalue weighted by Crippen LogP contribution is 2.26. The third-order valence-electron chi connectivity index (χ3n) is 4.46. The average Bonchev–Trinajstić information content (AvgIpc) is 2.62. The van der Waals surface area contributed by atoms with Crippen LogP contribution in [0.25, 0.3) is 11.1 Å². The summed E-state index contributed by atoms with van der Waals surface area (Å²) in [5.74, 6) is -0.292. The molecule has 1 heterocycles. The average molecular weight is 309 g/mol.